The number of carbonyl (C=O) groups is 4. The van der Waals surface area contributed by atoms with E-state index in [9.17, 15) is 44.7 Å². The van der Waals surface area contributed by atoms with Crippen molar-refractivity contribution in [3.8, 4) is 5.75 Å². The minimum absolute atomic E-state index is 0.152. The SMILES string of the molecule is CC(=O)c1ccc(O)c2c1[C@@H](C)[C@H]1C(=C2O)C(=O)[C@@]2(O)C(O)=C(C(N)=O)C(=O)[C@H](N(C)C)[C@H]2[C@@H]1O. The molecule has 1 saturated carbocycles. The molecule has 35 heavy (non-hydrogen) atoms. The van der Waals surface area contributed by atoms with Crippen molar-refractivity contribution in [2.45, 2.75) is 37.5 Å². The van der Waals surface area contributed by atoms with E-state index < -0.39 is 81.4 Å². The number of ketones is 3. The molecule has 0 unspecified atom stereocenters. The molecule has 1 aromatic rings. The summed E-state index contributed by atoms with van der Waals surface area (Å²) in [4.78, 5) is 52.5. The number of Topliss-reactive ketones (excluding diaryl/α,β-unsaturated/α-hetero) is 3. The monoisotopic (exact) mass is 486 g/mol. The number of aliphatic hydroxyl groups excluding tert-OH is 3. The summed E-state index contributed by atoms with van der Waals surface area (Å²) in [6.07, 6.45) is -1.71. The van der Waals surface area contributed by atoms with Crippen LogP contribution in [-0.4, -0.2) is 85.5 Å². The van der Waals surface area contributed by atoms with Gasteiger partial charge in [0.25, 0.3) is 5.91 Å². The zero-order valence-electron chi connectivity index (χ0n) is 19.4. The fourth-order valence-corrected chi connectivity index (χ4v) is 6.00. The number of rotatable bonds is 3. The van der Waals surface area contributed by atoms with Gasteiger partial charge in [-0.1, -0.05) is 6.92 Å². The van der Waals surface area contributed by atoms with Gasteiger partial charge in [-0.05, 0) is 44.6 Å². The van der Waals surface area contributed by atoms with Crippen LogP contribution in [0.3, 0.4) is 0 Å². The number of hydrogen-bond acceptors (Lipinski definition) is 10. The number of aromatic hydroxyl groups is 1. The Bertz CT molecular complexity index is 1280. The second-order valence-corrected chi connectivity index (χ2v) is 9.53. The molecule has 4 rings (SSSR count). The molecule has 0 saturated heterocycles. The van der Waals surface area contributed by atoms with Gasteiger partial charge in [0.1, 0.15) is 22.8 Å². The molecule has 0 aliphatic heterocycles. The molecule has 11 nitrogen and oxygen atoms in total. The molecule has 3 aliphatic rings. The predicted molar refractivity (Wildman–Crippen MR) is 120 cm³/mol. The Labute approximate surface area is 199 Å². The van der Waals surface area contributed by atoms with Gasteiger partial charge >= 0.3 is 0 Å². The summed E-state index contributed by atoms with van der Waals surface area (Å²) in [5, 5.41) is 55.6. The summed E-state index contributed by atoms with van der Waals surface area (Å²) < 4.78 is 0. The normalized spacial score (nSPS) is 32.4. The number of phenolic OH excluding ortho intramolecular Hbond substituents is 1. The van der Waals surface area contributed by atoms with E-state index in [0.717, 1.165) is 0 Å². The molecule has 6 atom stereocenters. The molecule has 1 aromatic carbocycles. The number of hydrogen-bond donors (Lipinski definition) is 6. The van der Waals surface area contributed by atoms with Gasteiger partial charge in [0.2, 0.25) is 5.78 Å². The van der Waals surface area contributed by atoms with Crippen LogP contribution in [0.1, 0.15) is 41.3 Å². The molecular weight excluding hydrogens is 460 g/mol. The van der Waals surface area contributed by atoms with Crippen molar-refractivity contribution in [1.29, 1.82) is 0 Å². The van der Waals surface area contributed by atoms with Crippen molar-refractivity contribution in [3.63, 3.8) is 0 Å². The molecule has 0 heterocycles. The highest BCUT2D eigenvalue weighted by Gasteiger charge is 2.68. The molecule has 7 N–H and O–H groups in total. The molecule has 1 fully saturated rings. The van der Waals surface area contributed by atoms with Crippen LogP contribution in [-0.2, 0) is 14.4 Å². The number of nitrogens with two attached hydrogens (primary N) is 1. The van der Waals surface area contributed by atoms with Crippen molar-refractivity contribution < 1.29 is 44.7 Å². The minimum atomic E-state index is -2.97. The van der Waals surface area contributed by atoms with E-state index in [4.69, 9.17) is 5.73 Å². The molecule has 0 bridgehead atoms. The molecule has 1 amide bonds. The van der Waals surface area contributed by atoms with Crippen LogP contribution in [0.25, 0.3) is 5.76 Å². The average molecular weight is 486 g/mol. The maximum atomic E-state index is 13.8. The van der Waals surface area contributed by atoms with Crippen LogP contribution in [0.15, 0.2) is 29.0 Å². The second kappa shape index (κ2) is 7.74. The first kappa shape index (κ1) is 24.6. The van der Waals surface area contributed by atoms with E-state index in [0.29, 0.717) is 0 Å². The fourth-order valence-electron chi connectivity index (χ4n) is 6.00. The quantitative estimate of drug-likeness (QED) is 0.243. The van der Waals surface area contributed by atoms with Gasteiger partial charge in [-0.15, -0.1) is 0 Å². The van der Waals surface area contributed by atoms with Crippen molar-refractivity contribution in [1.82, 2.24) is 4.90 Å². The smallest absolute Gasteiger partial charge is 0.255 e. The third kappa shape index (κ3) is 2.95. The summed E-state index contributed by atoms with van der Waals surface area (Å²) in [5.74, 6) is -10.2. The number of aliphatic hydroxyl groups is 4. The Hall–Kier alpha value is -3.54. The first-order valence-electron chi connectivity index (χ1n) is 10.9. The number of phenols is 1. The molecule has 0 radical (unpaired) electrons. The Kier molecular flexibility index (Phi) is 5.43. The maximum absolute atomic E-state index is 13.8. The van der Waals surface area contributed by atoms with Gasteiger partial charge < -0.3 is 31.3 Å². The number of amides is 1. The first-order chi connectivity index (χ1) is 16.2. The van der Waals surface area contributed by atoms with E-state index >= 15 is 0 Å². The summed E-state index contributed by atoms with van der Waals surface area (Å²) in [6, 6.07) is 1.09. The second-order valence-electron chi connectivity index (χ2n) is 9.53. The summed E-state index contributed by atoms with van der Waals surface area (Å²) in [5.41, 5.74) is 0.948. The number of carbonyl (C=O) groups excluding carboxylic acids is 4. The number of benzene rings is 1. The van der Waals surface area contributed by atoms with Gasteiger partial charge in [-0.3, -0.25) is 24.1 Å². The Balaban J connectivity index is 2.10. The Morgan fingerprint density at radius 2 is 1.71 bits per heavy atom. The molecule has 0 aromatic heterocycles. The zero-order valence-corrected chi connectivity index (χ0v) is 19.4. The topological polar surface area (TPSA) is 199 Å². The summed E-state index contributed by atoms with van der Waals surface area (Å²) in [7, 11) is 2.85. The van der Waals surface area contributed by atoms with Crippen LogP contribution in [0.2, 0.25) is 0 Å². The van der Waals surface area contributed by atoms with E-state index in [1.807, 2.05) is 0 Å². The maximum Gasteiger partial charge on any atom is 0.255 e. The highest BCUT2D eigenvalue weighted by molar-refractivity contribution is 6.24. The summed E-state index contributed by atoms with van der Waals surface area (Å²) in [6.45, 7) is 2.86. The van der Waals surface area contributed by atoms with E-state index in [2.05, 4.69) is 0 Å². The van der Waals surface area contributed by atoms with E-state index in [-0.39, 0.29) is 22.5 Å². The highest BCUT2D eigenvalue weighted by atomic mass is 16.4. The number of likely N-dealkylation sites (N-methyl/N-ethyl adjacent to an activating group) is 1. The van der Waals surface area contributed by atoms with Gasteiger partial charge in [0.05, 0.1) is 23.6 Å². The van der Waals surface area contributed by atoms with Crippen molar-refractivity contribution in [2.75, 3.05) is 14.1 Å². The molecule has 186 valence electrons. The lowest BCUT2D eigenvalue weighted by Gasteiger charge is -2.53. The number of fused-ring (bicyclic) bond motifs is 3. The lowest BCUT2D eigenvalue weighted by Crippen LogP contribution is -2.70. The van der Waals surface area contributed by atoms with Gasteiger partial charge in [0, 0.05) is 17.1 Å². The van der Waals surface area contributed by atoms with Crippen LogP contribution < -0.4 is 5.73 Å². The average Bonchev–Trinajstić information content (AvgIpc) is 2.75. The van der Waals surface area contributed by atoms with Crippen LogP contribution in [0, 0.1) is 11.8 Å². The van der Waals surface area contributed by atoms with Gasteiger partial charge in [-0.25, -0.2) is 0 Å². The Morgan fingerprint density at radius 3 is 2.23 bits per heavy atom. The third-order valence-corrected chi connectivity index (χ3v) is 7.49. The van der Waals surface area contributed by atoms with Crippen LogP contribution >= 0.6 is 0 Å². The Morgan fingerprint density at radius 1 is 1.11 bits per heavy atom. The summed E-state index contributed by atoms with van der Waals surface area (Å²) >= 11 is 0. The van der Waals surface area contributed by atoms with Gasteiger partial charge in [0.15, 0.2) is 17.2 Å². The van der Waals surface area contributed by atoms with Crippen molar-refractivity contribution >= 4 is 29.0 Å². The van der Waals surface area contributed by atoms with Crippen LogP contribution in [0.4, 0.5) is 0 Å². The van der Waals surface area contributed by atoms with Crippen LogP contribution in [0.5, 0.6) is 5.75 Å². The van der Waals surface area contributed by atoms with Crippen molar-refractivity contribution in [3.05, 3.63) is 45.7 Å². The van der Waals surface area contributed by atoms with E-state index in [1.54, 1.807) is 6.92 Å². The zero-order chi connectivity index (χ0) is 26.3. The first-order valence-corrected chi connectivity index (χ1v) is 10.9. The fraction of sp³-hybridized carbons (Fsp3) is 0.417. The lowest BCUT2D eigenvalue weighted by molar-refractivity contribution is -0.169. The lowest BCUT2D eigenvalue weighted by atomic mass is 9.54. The number of primary amides is 1. The minimum Gasteiger partial charge on any atom is -0.508 e. The predicted octanol–water partition coefficient (Wildman–Crippen LogP) is -0.302. The van der Waals surface area contributed by atoms with E-state index in [1.165, 1.54) is 38.1 Å². The molecule has 0 spiro atoms. The molecule has 11 heteroatoms. The standard InChI is InChI=1S/C24H26N2O9/c1-7-11-9(8(2)27)5-6-10(28)13(11)18(29)14-12(7)19(30)16-17(26(3)4)20(31)15(23(25)34)22(33)24(16,35)21(14)32/h5-7,12,16-17,19,28-30,33,35H,1-4H3,(H2,25,34)/t7-,12+,16+,17-,19-,24-/m1/s1. The largest absolute Gasteiger partial charge is 0.508 e. The van der Waals surface area contributed by atoms with Crippen molar-refractivity contribution in [2.24, 2.45) is 17.6 Å². The van der Waals surface area contributed by atoms with Gasteiger partial charge in [-0.2, -0.15) is 0 Å². The number of nitrogens with zero attached hydrogens (tertiary/aromatic N) is 1. The molecular formula is C24H26N2O9. The highest BCUT2D eigenvalue weighted by Crippen LogP contribution is 2.56. The molecule has 3 aliphatic carbocycles. The third-order valence-electron chi connectivity index (χ3n) is 7.49.